The number of hydrogen-bond donors (Lipinski definition) is 2. The minimum absolute atomic E-state index is 0.136. The van der Waals surface area contributed by atoms with E-state index in [1.54, 1.807) is 0 Å². The maximum Gasteiger partial charge on any atom is 0.242 e. The van der Waals surface area contributed by atoms with Crippen LogP contribution >= 0.6 is 27.5 Å². The minimum Gasteiger partial charge on any atom is -0.398 e. The van der Waals surface area contributed by atoms with Crippen LogP contribution in [-0.4, -0.2) is 34.9 Å². The Labute approximate surface area is 131 Å². The first kappa shape index (κ1) is 17.7. The molecule has 0 aliphatic rings. The van der Waals surface area contributed by atoms with Crippen LogP contribution in [0.25, 0.3) is 0 Å². The monoisotopic (exact) mass is 404 g/mol. The fourth-order valence-corrected chi connectivity index (χ4v) is 5.23. The fourth-order valence-electron chi connectivity index (χ4n) is 1.60. The van der Waals surface area contributed by atoms with Gasteiger partial charge in [-0.2, -0.15) is 0 Å². The van der Waals surface area contributed by atoms with Crippen molar-refractivity contribution in [2.24, 2.45) is 0 Å². The highest BCUT2D eigenvalue weighted by Gasteiger charge is 2.23. The van der Waals surface area contributed by atoms with Crippen LogP contribution in [0.3, 0.4) is 0 Å². The molecule has 10 heteroatoms. The summed E-state index contributed by atoms with van der Waals surface area (Å²) >= 11 is 8.86. The highest BCUT2D eigenvalue weighted by molar-refractivity contribution is 9.10. The first-order valence-corrected chi connectivity index (χ1v) is 10.1. The highest BCUT2D eigenvalue weighted by atomic mass is 79.9. The molecule has 1 unspecified atom stereocenters. The van der Waals surface area contributed by atoms with Gasteiger partial charge in [-0.05, 0) is 35.0 Å². The second kappa shape index (κ2) is 6.18. The first-order chi connectivity index (χ1) is 8.92. The lowest BCUT2D eigenvalue weighted by Crippen LogP contribution is -2.37. The van der Waals surface area contributed by atoms with Crippen LogP contribution in [0.5, 0.6) is 0 Å². The molecule has 0 radical (unpaired) electrons. The Balaban J connectivity index is 3.13. The maximum atomic E-state index is 12.2. The van der Waals surface area contributed by atoms with E-state index in [0.717, 1.165) is 6.26 Å². The third-order valence-corrected chi connectivity index (χ3v) is 6.32. The van der Waals surface area contributed by atoms with Crippen LogP contribution in [-0.2, 0) is 19.9 Å². The van der Waals surface area contributed by atoms with E-state index in [2.05, 4.69) is 20.7 Å². The van der Waals surface area contributed by atoms with Crippen molar-refractivity contribution >= 4 is 53.1 Å². The van der Waals surface area contributed by atoms with E-state index in [-0.39, 0.29) is 25.8 Å². The lowest BCUT2D eigenvalue weighted by molar-refractivity contribution is 0.564. The smallest absolute Gasteiger partial charge is 0.242 e. The largest absolute Gasteiger partial charge is 0.398 e. The highest BCUT2D eigenvalue weighted by Crippen LogP contribution is 2.31. The van der Waals surface area contributed by atoms with Crippen molar-refractivity contribution in [3.63, 3.8) is 0 Å². The lowest BCUT2D eigenvalue weighted by Gasteiger charge is -2.15. The van der Waals surface area contributed by atoms with Crippen molar-refractivity contribution in [3.05, 3.63) is 21.6 Å². The number of sulfonamides is 1. The number of sulfone groups is 1. The van der Waals surface area contributed by atoms with Crippen LogP contribution in [0.4, 0.5) is 5.69 Å². The molecule has 1 aromatic rings. The normalized spacial score (nSPS) is 14.2. The molecule has 1 aromatic carbocycles. The number of benzene rings is 1. The Hall–Kier alpha value is -0.350. The summed E-state index contributed by atoms with van der Waals surface area (Å²) in [4.78, 5) is -0.136. The summed E-state index contributed by atoms with van der Waals surface area (Å²) in [5.41, 5.74) is 5.81. The van der Waals surface area contributed by atoms with Crippen LogP contribution in [0, 0.1) is 0 Å². The average Bonchev–Trinajstić information content (AvgIpc) is 2.19. The van der Waals surface area contributed by atoms with Crippen LogP contribution < -0.4 is 10.5 Å². The third kappa shape index (κ3) is 4.88. The average molecular weight is 406 g/mol. The molecule has 0 saturated heterocycles. The molecule has 1 rings (SSSR count). The van der Waals surface area contributed by atoms with Crippen molar-refractivity contribution in [2.75, 3.05) is 17.7 Å². The number of nitrogens with two attached hydrogens (primary N) is 1. The number of anilines is 1. The van der Waals surface area contributed by atoms with Crippen LogP contribution in [0.15, 0.2) is 21.5 Å². The van der Waals surface area contributed by atoms with Crippen molar-refractivity contribution in [1.82, 2.24) is 4.72 Å². The predicted octanol–water partition coefficient (Wildman–Crippen LogP) is 1.40. The van der Waals surface area contributed by atoms with E-state index in [1.807, 2.05) is 0 Å². The zero-order valence-electron chi connectivity index (χ0n) is 10.7. The van der Waals surface area contributed by atoms with Gasteiger partial charge in [0.05, 0.1) is 15.1 Å². The van der Waals surface area contributed by atoms with E-state index in [0.29, 0.717) is 0 Å². The van der Waals surface area contributed by atoms with Gasteiger partial charge in [0.25, 0.3) is 0 Å². The van der Waals surface area contributed by atoms with E-state index in [9.17, 15) is 16.8 Å². The molecule has 0 aliphatic heterocycles. The van der Waals surface area contributed by atoms with Crippen molar-refractivity contribution in [1.29, 1.82) is 0 Å². The molecule has 0 heterocycles. The van der Waals surface area contributed by atoms with Gasteiger partial charge in [0.2, 0.25) is 10.0 Å². The number of rotatable bonds is 5. The molecule has 20 heavy (non-hydrogen) atoms. The van der Waals surface area contributed by atoms with Gasteiger partial charge in [-0.25, -0.2) is 21.6 Å². The van der Waals surface area contributed by atoms with Gasteiger partial charge < -0.3 is 5.73 Å². The van der Waals surface area contributed by atoms with E-state index < -0.39 is 25.9 Å². The molecule has 0 fully saturated rings. The molecule has 114 valence electrons. The van der Waals surface area contributed by atoms with Crippen molar-refractivity contribution in [3.8, 4) is 0 Å². The van der Waals surface area contributed by atoms with Crippen molar-refractivity contribution in [2.45, 2.75) is 17.9 Å². The zero-order chi connectivity index (χ0) is 15.7. The number of halogens is 2. The lowest BCUT2D eigenvalue weighted by atomic mass is 10.3. The summed E-state index contributed by atoms with van der Waals surface area (Å²) in [6, 6.07) is 1.87. The molecule has 6 nitrogen and oxygen atoms in total. The first-order valence-electron chi connectivity index (χ1n) is 5.37. The molecular formula is C10H14BrClN2O4S2. The topological polar surface area (TPSA) is 106 Å². The summed E-state index contributed by atoms with van der Waals surface area (Å²) in [6.07, 6.45) is 1.03. The SMILES string of the molecule is CC(CS(C)(=O)=O)NS(=O)(=O)c1cc(Cl)cc(N)c1Br. The zero-order valence-corrected chi connectivity index (χ0v) is 14.7. The predicted molar refractivity (Wildman–Crippen MR) is 83.1 cm³/mol. The summed E-state index contributed by atoms with van der Waals surface area (Å²) in [5, 5.41) is 0.168. The van der Waals surface area contributed by atoms with Crippen molar-refractivity contribution < 1.29 is 16.8 Å². The summed E-state index contributed by atoms with van der Waals surface area (Å²) in [7, 11) is -7.23. The fraction of sp³-hybridized carbons (Fsp3) is 0.400. The quantitative estimate of drug-likeness (QED) is 0.720. The van der Waals surface area contributed by atoms with Gasteiger partial charge in [0.15, 0.2) is 0 Å². The molecule has 0 aromatic heterocycles. The molecule has 0 aliphatic carbocycles. The molecular weight excluding hydrogens is 392 g/mol. The van der Waals surface area contributed by atoms with E-state index >= 15 is 0 Å². The number of nitrogen functional groups attached to an aromatic ring is 1. The van der Waals surface area contributed by atoms with E-state index in [4.69, 9.17) is 17.3 Å². The minimum atomic E-state index is -3.93. The Kier molecular flexibility index (Phi) is 5.47. The van der Waals surface area contributed by atoms with Crippen LogP contribution in [0.2, 0.25) is 5.02 Å². The maximum absolute atomic E-state index is 12.2. The standard InChI is InChI=1S/C10H14BrClN2O4S2/c1-6(5-19(2,15)16)14-20(17,18)9-4-7(12)3-8(13)10(9)11/h3-4,6,14H,5,13H2,1-2H3. The molecule has 0 spiro atoms. The van der Waals surface area contributed by atoms with Gasteiger partial charge in [0.1, 0.15) is 9.84 Å². The van der Waals surface area contributed by atoms with Gasteiger partial charge in [-0.1, -0.05) is 11.6 Å². The summed E-state index contributed by atoms with van der Waals surface area (Å²) < 4.78 is 49.2. The molecule has 3 N–H and O–H groups in total. The number of nitrogens with one attached hydrogen (secondary N) is 1. The second-order valence-electron chi connectivity index (χ2n) is 4.42. The van der Waals surface area contributed by atoms with Gasteiger partial charge >= 0.3 is 0 Å². The molecule has 0 amide bonds. The van der Waals surface area contributed by atoms with Gasteiger partial charge in [-0.15, -0.1) is 0 Å². The summed E-state index contributed by atoms with van der Waals surface area (Å²) in [6.45, 7) is 1.46. The molecule has 0 saturated carbocycles. The Morgan fingerprint density at radius 2 is 1.90 bits per heavy atom. The molecule has 1 atom stereocenters. The summed E-state index contributed by atoms with van der Waals surface area (Å²) in [5.74, 6) is -0.306. The van der Waals surface area contributed by atoms with Crippen LogP contribution in [0.1, 0.15) is 6.92 Å². The molecule has 0 bridgehead atoms. The third-order valence-electron chi connectivity index (χ3n) is 2.23. The Morgan fingerprint density at radius 3 is 2.40 bits per heavy atom. The van der Waals surface area contributed by atoms with Gasteiger partial charge in [-0.3, -0.25) is 0 Å². The van der Waals surface area contributed by atoms with Gasteiger partial charge in [0, 0.05) is 23.0 Å². The second-order valence-corrected chi connectivity index (χ2v) is 9.52. The van der Waals surface area contributed by atoms with E-state index in [1.165, 1.54) is 19.1 Å². The Bertz CT molecular complexity index is 719. The number of hydrogen-bond acceptors (Lipinski definition) is 5. The Morgan fingerprint density at radius 1 is 1.35 bits per heavy atom.